The van der Waals surface area contributed by atoms with Crippen LogP contribution in [-0.4, -0.2) is 66.8 Å². The largest absolute Gasteiger partial charge is 0.396 e. The maximum absolute atomic E-state index is 12.2. The number of likely N-dealkylation sites (tertiary alicyclic amines) is 2. The number of urea groups is 1. The summed E-state index contributed by atoms with van der Waals surface area (Å²) in [4.78, 5) is 16.7. The minimum absolute atomic E-state index is 0.0867. The van der Waals surface area contributed by atoms with Crippen LogP contribution in [0.4, 0.5) is 4.79 Å². The molecule has 23 heavy (non-hydrogen) atoms. The van der Waals surface area contributed by atoms with Gasteiger partial charge < -0.3 is 20.2 Å². The predicted octanol–water partition coefficient (Wildman–Crippen LogP) is 2.16. The molecule has 2 aliphatic rings. The van der Waals surface area contributed by atoms with E-state index >= 15 is 0 Å². The van der Waals surface area contributed by atoms with Gasteiger partial charge in [-0.1, -0.05) is 13.8 Å². The lowest BCUT2D eigenvalue weighted by Crippen LogP contribution is -2.47. The highest BCUT2D eigenvalue weighted by Crippen LogP contribution is 2.19. The van der Waals surface area contributed by atoms with Crippen LogP contribution < -0.4 is 5.32 Å². The summed E-state index contributed by atoms with van der Waals surface area (Å²) in [5, 5.41) is 12.3. The molecule has 5 heteroatoms. The Morgan fingerprint density at radius 3 is 2.26 bits per heavy atom. The monoisotopic (exact) mass is 325 g/mol. The van der Waals surface area contributed by atoms with E-state index in [2.05, 4.69) is 24.1 Å². The summed E-state index contributed by atoms with van der Waals surface area (Å²) < 4.78 is 0. The third kappa shape index (κ3) is 6.30. The van der Waals surface area contributed by atoms with Gasteiger partial charge in [0, 0.05) is 26.2 Å². The molecule has 5 nitrogen and oxygen atoms in total. The summed E-state index contributed by atoms with van der Waals surface area (Å²) in [5.74, 6) is 1.79. The van der Waals surface area contributed by atoms with Gasteiger partial charge in [0.15, 0.2) is 0 Å². The molecule has 0 spiro atoms. The van der Waals surface area contributed by atoms with Gasteiger partial charge >= 0.3 is 6.03 Å². The van der Waals surface area contributed by atoms with E-state index < -0.39 is 0 Å². The molecule has 134 valence electrons. The quantitative estimate of drug-likeness (QED) is 0.787. The average Bonchev–Trinajstić information content (AvgIpc) is 2.58. The summed E-state index contributed by atoms with van der Waals surface area (Å²) in [7, 11) is 0. The molecule has 0 atom stereocenters. The van der Waals surface area contributed by atoms with Crippen LogP contribution in [0.3, 0.4) is 0 Å². The third-order valence-corrected chi connectivity index (χ3v) is 5.43. The van der Waals surface area contributed by atoms with Crippen molar-refractivity contribution in [3.05, 3.63) is 0 Å². The third-order valence-electron chi connectivity index (χ3n) is 5.43. The number of carbonyl (C=O) groups is 1. The van der Waals surface area contributed by atoms with Crippen molar-refractivity contribution in [2.45, 2.75) is 46.0 Å². The van der Waals surface area contributed by atoms with Crippen LogP contribution >= 0.6 is 0 Å². The Morgan fingerprint density at radius 1 is 1.09 bits per heavy atom. The second-order valence-corrected chi connectivity index (χ2v) is 7.77. The summed E-state index contributed by atoms with van der Waals surface area (Å²) in [6.45, 7) is 10.8. The number of nitrogens with one attached hydrogen (secondary N) is 1. The summed E-state index contributed by atoms with van der Waals surface area (Å²) >= 11 is 0. The molecular formula is C18H35N3O2. The van der Waals surface area contributed by atoms with Crippen molar-refractivity contribution in [3.8, 4) is 0 Å². The van der Waals surface area contributed by atoms with Gasteiger partial charge in [0.25, 0.3) is 0 Å². The predicted molar refractivity (Wildman–Crippen MR) is 93.4 cm³/mol. The zero-order valence-corrected chi connectivity index (χ0v) is 15.0. The fourth-order valence-electron chi connectivity index (χ4n) is 3.52. The highest BCUT2D eigenvalue weighted by atomic mass is 16.3. The Labute approximate surface area is 141 Å². The van der Waals surface area contributed by atoms with Crippen molar-refractivity contribution < 1.29 is 9.90 Å². The van der Waals surface area contributed by atoms with Gasteiger partial charge in [0.05, 0.1) is 0 Å². The topological polar surface area (TPSA) is 55.8 Å². The van der Waals surface area contributed by atoms with Crippen LogP contribution in [0.5, 0.6) is 0 Å². The molecule has 2 aliphatic heterocycles. The molecule has 2 heterocycles. The van der Waals surface area contributed by atoms with Crippen LogP contribution in [0.25, 0.3) is 0 Å². The molecule has 2 amide bonds. The molecular weight excluding hydrogens is 290 g/mol. The number of amides is 2. The lowest BCUT2D eigenvalue weighted by molar-refractivity contribution is 0.134. The van der Waals surface area contributed by atoms with E-state index in [1.807, 2.05) is 4.90 Å². The van der Waals surface area contributed by atoms with Crippen molar-refractivity contribution in [1.82, 2.24) is 15.1 Å². The number of aliphatic hydroxyl groups excluding tert-OH is 1. The first kappa shape index (κ1) is 18.5. The first-order chi connectivity index (χ1) is 11.1. The Balaban J connectivity index is 1.59. The maximum atomic E-state index is 12.2. The zero-order chi connectivity index (χ0) is 16.7. The van der Waals surface area contributed by atoms with Crippen LogP contribution in [0.15, 0.2) is 0 Å². The molecule has 0 radical (unpaired) electrons. The molecule has 0 aromatic carbocycles. The second kappa shape index (κ2) is 9.48. The van der Waals surface area contributed by atoms with Gasteiger partial charge in [0.2, 0.25) is 0 Å². The van der Waals surface area contributed by atoms with Crippen molar-refractivity contribution in [3.63, 3.8) is 0 Å². The van der Waals surface area contributed by atoms with E-state index in [0.717, 1.165) is 38.4 Å². The van der Waals surface area contributed by atoms with Gasteiger partial charge in [-0.05, 0) is 69.5 Å². The van der Waals surface area contributed by atoms with Crippen molar-refractivity contribution >= 4 is 6.03 Å². The second-order valence-electron chi connectivity index (χ2n) is 7.77. The number of rotatable bonds is 6. The number of nitrogens with zero attached hydrogens (tertiary/aromatic N) is 2. The molecule has 0 aliphatic carbocycles. The number of hydrogen-bond donors (Lipinski definition) is 2. The Hall–Kier alpha value is -0.810. The number of carbonyl (C=O) groups excluding carboxylic acids is 1. The van der Waals surface area contributed by atoms with Gasteiger partial charge in [-0.2, -0.15) is 0 Å². The van der Waals surface area contributed by atoms with Crippen LogP contribution in [0.1, 0.15) is 46.0 Å². The van der Waals surface area contributed by atoms with Gasteiger partial charge in [-0.15, -0.1) is 0 Å². The van der Waals surface area contributed by atoms with Gasteiger partial charge in [-0.25, -0.2) is 4.79 Å². The lowest BCUT2D eigenvalue weighted by atomic mass is 9.96. The molecule has 2 rings (SSSR count). The highest BCUT2D eigenvalue weighted by Gasteiger charge is 2.24. The zero-order valence-electron chi connectivity index (χ0n) is 15.0. The SMILES string of the molecule is CC(C)CCN1CCC(CNC(=O)N2CCC(CO)CC2)CC1. The van der Waals surface area contributed by atoms with E-state index in [4.69, 9.17) is 5.11 Å². The van der Waals surface area contributed by atoms with Crippen LogP contribution in [-0.2, 0) is 0 Å². The minimum Gasteiger partial charge on any atom is -0.396 e. The average molecular weight is 325 g/mol. The smallest absolute Gasteiger partial charge is 0.317 e. The van der Waals surface area contributed by atoms with Gasteiger partial charge in [-0.3, -0.25) is 0 Å². The normalized spacial score (nSPS) is 21.8. The molecule has 0 aromatic rings. The van der Waals surface area contributed by atoms with Crippen molar-refractivity contribution in [1.29, 1.82) is 0 Å². The number of hydrogen-bond acceptors (Lipinski definition) is 3. The summed E-state index contributed by atoms with van der Waals surface area (Å²) in [6, 6.07) is 0.0867. The van der Waals surface area contributed by atoms with Gasteiger partial charge in [0.1, 0.15) is 0 Å². The fourth-order valence-corrected chi connectivity index (χ4v) is 3.52. The first-order valence-corrected chi connectivity index (χ1v) is 9.44. The summed E-state index contributed by atoms with van der Waals surface area (Å²) in [5.41, 5.74) is 0. The van der Waals surface area contributed by atoms with E-state index in [9.17, 15) is 4.79 Å². The molecule has 0 bridgehead atoms. The van der Waals surface area contributed by atoms with E-state index in [1.165, 1.54) is 38.9 Å². The van der Waals surface area contributed by atoms with E-state index in [1.54, 1.807) is 0 Å². The Bertz CT molecular complexity index is 346. The highest BCUT2D eigenvalue weighted by molar-refractivity contribution is 5.74. The first-order valence-electron chi connectivity index (χ1n) is 9.44. The molecule has 0 saturated carbocycles. The minimum atomic E-state index is 0.0867. The molecule has 0 unspecified atom stereocenters. The molecule has 2 N–H and O–H groups in total. The van der Waals surface area contributed by atoms with E-state index in [0.29, 0.717) is 11.8 Å². The number of aliphatic hydroxyl groups is 1. The lowest BCUT2D eigenvalue weighted by Gasteiger charge is -2.34. The van der Waals surface area contributed by atoms with Crippen LogP contribution in [0, 0.1) is 17.8 Å². The Morgan fingerprint density at radius 2 is 1.70 bits per heavy atom. The Kier molecular flexibility index (Phi) is 7.63. The molecule has 2 fully saturated rings. The maximum Gasteiger partial charge on any atom is 0.317 e. The van der Waals surface area contributed by atoms with E-state index in [-0.39, 0.29) is 12.6 Å². The summed E-state index contributed by atoms with van der Waals surface area (Å²) in [6.07, 6.45) is 5.54. The fraction of sp³-hybridized carbons (Fsp3) is 0.944. The molecule has 0 aromatic heterocycles. The van der Waals surface area contributed by atoms with Crippen LogP contribution in [0.2, 0.25) is 0 Å². The molecule has 2 saturated heterocycles. The standard InChI is InChI=1S/C18H35N3O2/c1-15(2)3-8-20-9-4-16(5-10-20)13-19-18(23)21-11-6-17(14-22)7-12-21/h15-17,22H,3-14H2,1-2H3,(H,19,23). The van der Waals surface area contributed by atoms with Crippen molar-refractivity contribution in [2.75, 3.05) is 45.9 Å². The number of piperidine rings is 2. The van der Waals surface area contributed by atoms with Crippen molar-refractivity contribution in [2.24, 2.45) is 17.8 Å².